The van der Waals surface area contributed by atoms with Gasteiger partial charge in [0.05, 0.1) is 0 Å². The molecule has 1 aliphatic heterocycles. The first-order valence-electron chi connectivity index (χ1n) is 9.58. The minimum absolute atomic E-state index is 0.0654. The van der Waals surface area contributed by atoms with Crippen molar-refractivity contribution in [3.8, 4) is 0 Å². The zero-order chi connectivity index (χ0) is 20.2. The normalized spacial score (nSPS) is 23.1. The standard InChI is InChI=1S/C21H30F2N2OS/c1-19(2,3)25-9-7-21(8-10-25)13-16-15(11-14(22)12-17(16)23)18(21)24-27(26)20(4,5)6/h11-12H,7-10,13H2,1-6H3/b24-18+/t27-/m1/s1. The summed E-state index contributed by atoms with van der Waals surface area (Å²) in [5.41, 5.74) is 1.37. The highest BCUT2D eigenvalue weighted by molar-refractivity contribution is 7.91. The zero-order valence-corrected chi connectivity index (χ0v) is 18.0. The predicted molar refractivity (Wildman–Crippen MR) is 107 cm³/mol. The van der Waals surface area contributed by atoms with Crippen molar-refractivity contribution in [2.24, 2.45) is 9.81 Å². The average molecular weight is 397 g/mol. The maximum Gasteiger partial charge on any atom is 0.144 e. The zero-order valence-electron chi connectivity index (χ0n) is 17.2. The maximum atomic E-state index is 14.5. The Morgan fingerprint density at radius 3 is 2.19 bits per heavy atom. The number of fused-ring (bicyclic) bond motifs is 1. The fourth-order valence-corrected chi connectivity index (χ4v) is 4.82. The lowest BCUT2D eigenvalue weighted by molar-refractivity contribution is 0.0719. The number of halogens is 2. The van der Waals surface area contributed by atoms with Crippen LogP contribution in [0.15, 0.2) is 16.5 Å². The molecule has 0 aromatic heterocycles. The fraction of sp³-hybridized carbons (Fsp3) is 0.667. The SMILES string of the molecule is CC(C)(C)N1CCC2(CC1)Cc1c(F)cc(F)cc1/C2=N\[S@+]([O-])C(C)(C)C. The van der Waals surface area contributed by atoms with Gasteiger partial charge in [-0.2, -0.15) is 0 Å². The number of nitrogens with zero attached hydrogens (tertiary/aromatic N) is 2. The Hall–Kier alpha value is -0.980. The molecule has 1 fully saturated rings. The molecule has 0 N–H and O–H groups in total. The molecule has 1 aliphatic carbocycles. The number of hydrogen-bond acceptors (Lipinski definition) is 3. The molecule has 1 saturated heterocycles. The molecule has 1 aromatic carbocycles. The van der Waals surface area contributed by atoms with Crippen LogP contribution in [0.4, 0.5) is 8.78 Å². The van der Waals surface area contributed by atoms with Gasteiger partial charge in [0, 0.05) is 22.6 Å². The molecule has 0 amide bonds. The number of piperidine rings is 1. The molecule has 1 spiro atoms. The first-order valence-corrected chi connectivity index (χ1v) is 10.7. The van der Waals surface area contributed by atoms with E-state index in [4.69, 9.17) is 0 Å². The first-order chi connectivity index (χ1) is 12.3. The molecule has 1 heterocycles. The largest absolute Gasteiger partial charge is 0.591 e. The number of rotatable bonds is 1. The van der Waals surface area contributed by atoms with E-state index >= 15 is 0 Å². The molecule has 0 radical (unpaired) electrons. The van der Waals surface area contributed by atoms with Gasteiger partial charge in [0.25, 0.3) is 0 Å². The smallest absolute Gasteiger partial charge is 0.144 e. The highest BCUT2D eigenvalue weighted by Crippen LogP contribution is 2.47. The van der Waals surface area contributed by atoms with Crippen LogP contribution in [-0.2, 0) is 17.8 Å². The molecule has 0 bridgehead atoms. The second-order valence-electron chi connectivity index (χ2n) is 9.83. The Kier molecular flexibility index (Phi) is 5.24. The van der Waals surface area contributed by atoms with Crippen LogP contribution in [-0.4, -0.2) is 38.5 Å². The summed E-state index contributed by atoms with van der Waals surface area (Å²) in [6, 6.07) is 2.31. The van der Waals surface area contributed by atoms with E-state index in [1.54, 1.807) is 0 Å². The Bertz CT molecular complexity index is 757. The van der Waals surface area contributed by atoms with Crippen LogP contribution >= 0.6 is 0 Å². The summed E-state index contributed by atoms with van der Waals surface area (Å²) < 4.78 is 45.3. The molecule has 0 saturated carbocycles. The van der Waals surface area contributed by atoms with Gasteiger partial charge in [-0.15, -0.1) is 0 Å². The summed E-state index contributed by atoms with van der Waals surface area (Å²) in [6.07, 6.45) is 2.12. The van der Waals surface area contributed by atoms with Crippen molar-refractivity contribution in [1.29, 1.82) is 0 Å². The highest BCUT2D eigenvalue weighted by Gasteiger charge is 2.49. The molecule has 0 unspecified atom stereocenters. The summed E-state index contributed by atoms with van der Waals surface area (Å²) >= 11 is -1.47. The Morgan fingerprint density at radius 2 is 1.67 bits per heavy atom. The Balaban J connectivity index is 2.04. The van der Waals surface area contributed by atoms with E-state index in [2.05, 4.69) is 30.1 Å². The van der Waals surface area contributed by atoms with E-state index in [1.807, 2.05) is 20.8 Å². The van der Waals surface area contributed by atoms with Crippen molar-refractivity contribution in [1.82, 2.24) is 4.90 Å². The van der Waals surface area contributed by atoms with Crippen LogP contribution in [0.1, 0.15) is 65.5 Å². The van der Waals surface area contributed by atoms with Crippen LogP contribution in [0.3, 0.4) is 0 Å². The third kappa shape index (κ3) is 3.94. The van der Waals surface area contributed by atoms with Gasteiger partial charge in [0.1, 0.15) is 33.5 Å². The van der Waals surface area contributed by atoms with E-state index in [0.717, 1.165) is 32.0 Å². The summed E-state index contributed by atoms with van der Waals surface area (Å²) in [6.45, 7) is 13.9. The van der Waals surface area contributed by atoms with E-state index in [0.29, 0.717) is 23.3 Å². The van der Waals surface area contributed by atoms with Crippen LogP contribution < -0.4 is 0 Å². The molecule has 27 heavy (non-hydrogen) atoms. The van der Waals surface area contributed by atoms with E-state index < -0.39 is 27.7 Å². The van der Waals surface area contributed by atoms with Gasteiger partial charge < -0.3 is 4.55 Å². The van der Waals surface area contributed by atoms with Gasteiger partial charge in [-0.25, -0.2) is 8.78 Å². The van der Waals surface area contributed by atoms with Crippen molar-refractivity contribution >= 4 is 17.1 Å². The van der Waals surface area contributed by atoms with Crippen molar-refractivity contribution < 1.29 is 13.3 Å². The molecule has 150 valence electrons. The van der Waals surface area contributed by atoms with Gasteiger partial charge >= 0.3 is 0 Å². The molecule has 3 nitrogen and oxygen atoms in total. The van der Waals surface area contributed by atoms with Gasteiger partial charge in [0.15, 0.2) is 0 Å². The molecule has 1 aromatic rings. The first kappa shape index (κ1) is 20.7. The monoisotopic (exact) mass is 396 g/mol. The van der Waals surface area contributed by atoms with Crippen molar-refractivity contribution in [2.75, 3.05) is 13.1 Å². The number of likely N-dealkylation sites (tertiary alicyclic amines) is 1. The molecular weight excluding hydrogens is 366 g/mol. The highest BCUT2D eigenvalue weighted by atomic mass is 32.2. The van der Waals surface area contributed by atoms with E-state index in [1.165, 1.54) is 6.07 Å². The topological polar surface area (TPSA) is 38.7 Å². The van der Waals surface area contributed by atoms with Crippen LogP contribution in [0.5, 0.6) is 0 Å². The van der Waals surface area contributed by atoms with Crippen LogP contribution in [0.25, 0.3) is 0 Å². The molecule has 2 aliphatic rings. The quantitative estimate of drug-likeness (QED) is 0.648. The third-order valence-corrected chi connectivity index (χ3v) is 7.20. The molecule has 6 heteroatoms. The lowest BCUT2D eigenvalue weighted by Gasteiger charge is -2.45. The summed E-state index contributed by atoms with van der Waals surface area (Å²) in [4.78, 5) is 2.41. The minimum Gasteiger partial charge on any atom is -0.591 e. The molecule has 1 atom stereocenters. The van der Waals surface area contributed by atoms with Gasteiger partial charge in [-0.05, 0) is 85.5 Å². The summed E-state index contributed by atoms with van der Waals surface area (Å²) in [7, 11) is 0. The van der Waals surface area contributed by atoms with Crippen molar-refractivity contribution in [3.63, 3.8) is 0 Å². The Morgan fingerprint density at radius 1 is 1.07 bits per heavy atom. The van der Waals surface area contributed by atoms with E-state index in [9.17, 15) is 13.3 Å². The minimum atomic E-state index is -1.47. The fourth-order valence-electron chi connectivity index (χ4n) is 4.09. The van der Waals surface area contributed by atoms with E-state index in [-0.39, 0.29) is 11.0 Å². The summed E-state index contributed by atoms with van der Waals surface area (Å²) in [5.74, 6) is -1.13. The number of hydrogen-bond donors (Lipinski definition) is 0. The van der Waals surface area contributed by atoms with Gasteiger partial charge in [-0.3, -0.25) is 4.90 Å². The summed E-state index contributed by atoms with van der Waals surface area (Å²) in [5, 5.41) is 0. The van der Waals surface area contributed by atoms with Gasteiger partial charge in [0.2, 0.25) is 0 Å². The average Bonchev–Trinajstić information content (AvgIpc) is 2.80. The molecule has 3 rings (SSSR count). The third-order valence-electron chi connectivity index (χ3n) is 5.80. The van der Waals surface area contributed by atoms with Crippen LogP contribution in [0.2, 0.25) is 0 Å². The van der Waals surface area contributed by atoms with Crippen molar-refractivity contribution in [3.05, 3.63) is 34.9 Å². The van der Waals surface area contributed by atoms with Crippen molar-refractivity contribution in [2.45, 2.75) is 71.1 Å². The molecular formula is C21H30F2N2OS. The predicted octanol–water partition coefficient (Wildman–Crippen LogP) is 4.65. The number of benzene rings is 1. The van der Waals surface area contributed by atoms with Crippen LogP contribution in [0, 0.1) is 17.0 Å². The lowest BCUT2D eigenvalue weighted by atomic mass is 9.74. The second kappa shape index (κ2) is 6.82. The second-order valence-corrected chi connectivity index (χ2v) is 11.7. The van der Waals surface area contributed by atoms with Gasteiger partial charge in [-0.1, -0.05) is 4.40 Å². The Labute approximate surface area is 164 Å². The maximum absolute atomic E-state index is 14.5. The lowest BCUT2D eigenvalue weighted by Crippen LogP contribution is -2.50.